The fourth-order valence-electron chi connectivity index (χ4n) is 2.79. The second-order valence-electron chi connectivity index (χ2n) is 5.32. The Hall–Kier alpha value is -1.52. The Morgan fingerprint density at radius 1 is 1.30 bits per heavy atom. The van der Waals surface area contributed by atoms with Crippen molar-refractivity contribution in [1.82, 2.24) is 10.2 Å². The predicted octanol–water partition coefficient (Wildman–Crippen LogP) is 2.63. The van der Waals surface area contributed by atoms with Gasteiger partial charge in [0, 0.05) is 18.5 Å². The lowest BCUT2D eigenvalue weighted by molar-refractivity contribution is 0.333. The van der Waals surface area contributed by atoms with Crippen LogP contribution in [-0.2, 0) is 6.54 Å². The summed E-state index contributed by atoms with van der Waals surface area (Å²) >= 11 is 0. The van der Waals surface area contributed by atoms with E-state index in [1.807, 2.05) is 12.1 Å². The maximum Gasteiger partial charge on any atom is 0.176 e. The normalized spacial score (nSPS) is 16.1. The van der Waals surface area contributed by atoms with Gasteiger partial charge in [0.25, 0.3) is 0 Å². The third-order valence-electron chi connectivity index (χ3n) is 3.88. The lowest BCUT2D eigenvalue weighted by Crippen LogP contribution is -2.29. The lowest BCUT2D eigenvalue weighted by atomic mass is 10.2. The van der Waals surface area contributed by atoms with E-state index in [0.717, 1.165) is 42.1 Å². The summed E-state index contributed by atoms with van der Waals surface area (Å²) in [6.45, 7) is 5.41. The van der Waals surface area contributed by atoms with E-state index in [-0.39, 0.29) is 0 Å². The van der Waals surface area contributed by atoms with Gasteiger partial charge in [-0.2, -0.15) is 0 Å². The summed E-state index contributed by atoms with van der Waals surface area (Å²) in [4.78, 5) is 2.51. The van der Waals surface area contributed by atoms with Crippen molar-refractivity contribution < 1.29 is 9.15 Å². The molecule has 0 spiro atoms. The molecule has 4 heteroatoms. The highest BCUT2D eigenvalue weighted by molar-refractivity contribution is 5.83. The van der Waals surface area contributed by atoms with E-state index >= 15 is 0 Å². The van der Waals surface area contributed by atoms with Gasteiger partial charge in [0.15, 0.2) is 11.3 Å². The summed E-state index contributed by atoms with van der Waals surface area (Å²) in [6.07, 6.45) is 2.70. The van der Waals surface area contributed by atoms with E-state index in [4.69, 9.17) is 9.15 Å². The number of likely N-dealkylation sites (tertiary alicyclic amines) is 1. The molecule has 0 bridgehead atoms. The molecule has 0 amide bonds. The molecule has 1 aliphatic heterocycles. The van der Waals surface area contributed by atoms with Crippen LogP contribution in [0, 0.1) is 0 Å². The zero-order chi connectivity index (χ0) is 13.8. The fourth-order valence-corrected chi connectivity index (χ4v) is 2.79. The number of rotatable bonds is 6. The van der Waals surface area contributed by atoms with Crippen LogP contribution in [0.4, 0.5) is 0 Å². The van der Waals surface area contributed by atoms with Crippen LogP contribution in [0.25, 0.3) is 11.0 Å². The third kappa shape index (κ3) is 2.97. The first-order valence-electron chi connectivity index (χ1n) is 7.35. The first-order chi connectivity index (χ1) is 9.86. The van der Waals surface area contributed by atoms with Crippen molar-refractivity contribution in [3.63, 3.8) is 0 Å². The third-order valence-corrected chi connectivity index (χ3v) is 3.88. The lowest BCUT2D eigenvalue weighted by Gasteiger charge is -2.14. The summed E-state index contributed by atoms with van der Waals surface area (Å²) < 4.78 is 11.2. The molecule has 0 saturated carbocycles. The first-order valence-corrected chi connectivity index (χ1v) is 7.35. The SMILES string of the molecule is COc1cccc2cc(CNCCN3CCCC3)oc12. The van der Waals surface area contributed by atoms with E-state index in [9.17, 15) is 0 Å². The molecular formula is C16H22N2O2. The molecule has 1 aromatic carbocycles. The molecule has 1 aliphatic rings. The van der Waals surface area contributed by atoms with Crippen LogP contribution in [0.2, 0.25) is 0 Å². The number of nitrogens with zero attached hydrogens (tertiary/aromatic N) is 1. The first kappa shape index (κ1) is 13.5. The number of hydrogen-bond donors (Lipinski definition) is 1. The van der Waals surface area contributed by atoms with Crippen LogP contribution < -0.4 is 10.1 Å². The van der Waals surface area contributed by atoms with Crippen LogP contribution in [0.15, 0.2) is 28.7 Å². The van der Waals surface area contributed by atoms with Crippen LogP contribution in [0.3, 0.4) is 0 Å². The Kier molecular flexibility index (Phi) is 4.23. The summed E-state index contributed by atoms with van der Waals surface area (Å²) in [7, 11) is 1.67. The maximum absolute atomic E-state index is 5.86. The smallest absolute Gasteiger partial charge is 0.176 e. The van der Waals surface area contributed by atoms with Crippen molar-refractivity contribution >= 4 is 11.0 Å². The zero-order valence-corrected chi connectivity index (χ0v) is 12.0. The molecule has 20 heavy (non-hydrogen) atoms. The van der Waals surface area contributed by atoms with Gasteiger partial charge >= 0.3 is 0 Å². The van der Waals surface area contributed by atoms with Gasteiger partial charge in [0.1, 0.15) is 5.76 Å². The number of methoxy groups -OCH3 is 1. The van der Waals surface area contributed by atoms with E-state index in [1.165, 1.54) is 25.9 Å². The Morgan fingerprint density at radius 2 is 2.15 bits per heavy atom. The molecule has 1 fully saturated rings. The molecule has 4 nitrogen and oxygen atoms in total. The monoisotopic (exact) mass is 274 g/mol. The molecule has 1 saturated heterocycles. The molecule has 3 rings (SSSR count). The van der Waals surface area contributed by atoms with Gasteiger partial charge in [-0.05, 0) is 38.1 Å². The summed E-state index contributed by atoms with van der Waals surface area (Å²) in [5.74, 6) is 1.76. The van der Waals surface area contributed by atoms with Crippen molar-refractivity contribution in [2.45, 2.75) is 19.4 Å². The van der Waals surface area contributed by atoms with Crippen LogP contribution in [0.5, 0.6) is 5.75 Å². The predicted molar refractivity (Wildman–Crippen MR) is 80.1 cm³/mol. The molecule has 1 N–H and O–H groups in total. The molecular weight excluding hydrogens is 252 g/mol. The maximum atomic E-state index is 5.86. The van der Waals surface area contributed by atoms with Gasteiger partial charge < -0.3 is 19.4 Å². The number of hydrogen-bond acceptors (Lipinski definition) is 4. The number of fused-ring (bicyclic) bond motifs is 1. The van der Waals surface area contributed by atoms with Crippen molar-refractivity contribution in [1.29, 1.82) is 0 Å². The Morgan fingerprint density at radius 3 is 2.95 bits per heavy atom. The molecule has 2 aromatic rings. The van der Waals surface area contributed by atoms with Gasteiger partial charge in [0.2, 0.25) is 0 Å². The van der Waals surface area contributed by atoms with Gasteiger partial charge in [-0.25, -0.2) is 0 Å². The number of nitrogens with one attached hydrogen (secondary N) is 1. The van der Waals surface area contributed by atoms with Crippen LogP contribution in [-0.4, -0.2) is 38.2 Å². The highest BCUT2D eigenvalue weighted by Crippen LogP contribution is 2.28. The second-order valence-corrected chi connectivity index (χ2v) is 5.32. The largest absolute Gasteiger partial charge is 0.493 e. The molecule has 1 aromatic heterocycles. The summed E-state index contributed by atoms with van der Waals surface area (Å²) in [5, 5.41) is 4.55. The fraction of sp³-hybridized carbons (Fsp3) is 0.500. The highest BCUT2D eigenvalue weighted by atomic mass is 16.5. The quantitative estimate of drug-likeness (QED) is 0.822. The van der Waals surface area contributed by atoms with E-state index < -0.39 is 0 Å². The average Bonchev–Trinajstić information content (AvgIpc) is 3.11. The number of benzene rings is 1. The standard InChI is InChI=1S/C16H22N2O2/c1-19-15-6-4-5-13-11-14(20-16(13)15)12-17-7-10-18-8-2-3-9-18/h4-6,11,17H,2-3,7-10,12H2,1H3. The average molecular weight is 274 g/mol. The minimum absolute atomic E-state index is 0.770. The van der Waals surface area contributed by atoms with Gasteiger partial charge in [-0.15, -0.1) is 0 Å². The molecule has 0 atom stereocenters. The molecule has 2 heterocycles. The van der Waals surface area contributed by atoms with Gasteiger partial charge in [-0.3, -0.25) is 0 Å². The van der Waals surface area contributed by atoms with Crippen molar-refractivity contribution in [2.75, 3.05) is 33.3 Å². The minimum atomic E-state index is 0.770. The Bertz CT molecular complexity index is 559. The zero-order valence-electron chi connectivity index (χ0n) is 12.0. The van der Waals surface area contributed by atoms with E-state index in [2.05, 4.69) is 22.3 Å². The van der Waals surface area contributed by atoms with E-state index in [1.54, 1.807) is 7.11 Å². The van der Waals surface area contributed by atoms with Crippen molar-refractivity contribution in [2.24, 2.45) is 0 Å². The number of para-hydroxylation sites is 1. The van der Waals surface area contributed by atoms with Gasteiger partial charge in [-0.1, -0.05) is 12.1 Å². The van der Waals surface area contributed by atoms with Crippen LogP contribution >= 0.6 is 0 Å². The Labute approximate surface area is 119 Å². The minimum Gasteiger partial charge on any atom is -0.493 e. The van der Waals surface area contributed by atoms with E-state index in [0.29, 0.717) is 0 Å². The molecule has 0 radical (unpaired) electrons. The topological polar surface area (TPSA) is 37.6 Å². The number of ether oxygens (including phenoxy) is 1. The van der Waals surface area contributed by atoms with Gasteiger partial charge in [0.05, 0.1) is 13.7 Å². The second kappa shape index (κ2) is 6.29. The molecule has 0 aliphatic carbocycles. The van der Waals surface area contributed by atoms with Crippen molar-refractivity contribution in [3.05, 3.63) is 30.0 Å². The molecule has 108 valence electrons. The van der Waals surface area contributed by atoms with Crippen molar-refractivity contribution in [3.8, 4) is 5.75 Å². The van der Waals surface area contributed by atoms with Crippen LogP contribution in [0.1, 0.15) is 18.6 Å². The molecule has 0 unspecified atom stereocenters. The number of furan rings is 1. The summed E-state index contributed by atoms with van der Waals surface area (Å²) in [5.41, 5.74) is 0.839. The summed E-state index contributed by atoms with van der Waals surface area (Å²) in [6, 6.07) is 8.05. The Balaban J connectivity index is 1.54. The highest BCUT2D eigenvalue weighted by Gasteiger charge is 2.11.